The number of rotatable bonds is 8. The maximum absolute atomic E-state index is 13.1. The molecule has 32 heavy (non-hydrogen) atoms. The lowest BCUT2D eigenvalue weighted by atomic mass is 10.1. The van der Waals surface area contributed by atoms with E-state index in [0.29, 0.717) is 16.3 Å². The topological polar surface area (TPSA) is 118 Å². The quantitative estimate of drug-likeness (QED) is 0.377. The van der Waals surface area contributed by atoms with Crippen LogP contribution in [0.2, 0.25) is 5.02 Å². The molecule has 1 atom stereocenters. The average molecular weight is 474 g/mol. The van der Waals surface area contributed by atoms with Gasteiger partial charge in [0.25, 0.3) is 5.69 Å². The number of carbonyl (C=O) groups is 1. The second kappa shape index (κ2) is 9.90. The molecule has 3 aromatic carbocycles. The Labute approximate surface area is 190 Å². The summed E-state index contributed by atoms with van der Waals surface area (Å²) in [4.78, 5) is 23.4. The number of non-ortho nitro benzene ring substituents is 1. The van der Waals surface area contributed by atoms with E-state index in [1.807, 2.05) is 6.07 Å². The summed E-state index contributed by atoms with van der Waals surface area (Å²) in [6, 6.07) is 17.4. The van der Waals surface area contributed by atoms with Gasteiger partial charge < -0.3 is 5.32 Å². The molecule has 0 radical (unpaired) electrons. The highest BCUT2D eigenvalue weighted by Crippen LogP contribution is 2.22. The number of nitrogens with zero attached hydrogens (tertiary/aromatic N) is 1. The van der Waals surface area contributed by atoms with E-state index in [0.717, 1.165) is 5.56 Å². The predicted octanol–water partition coefficient (Wildman–Crippen LogP) is 4.08. The van der Waals surface area contributed by atoms with Gasteiger partial charge in [0.2, 0.25) is 15.9 Å². The van der Waals surface area contributed by atoms with Gasteiger partial charge in [0.15, 0.2) is 0 Å². The van der Waals surface area contributed by atoms with Gasteiger partial charge in [-0.05, 0) is 54.8 Å². The fourth-order valence-corrected chi connectivity index (χ4v) is 4.35. The standard InChI is InChI=1S/C22H20ClN3O5S/c1-15-13-18(26(28)29)9-12-20(15)24-22(27)21(14-16-5-3-2-4-6-16)25-32(30,31)19-10-7-17(23)8-11-19/h2-13,21,25H,14H2,1H3,(H,24,27). The van der Waals surface area contributed by atoms with Crippen molar-refractivity contribution in [3.05, 3.63) is 99.1 Å². The van der Waals surface area contributed by atoms with Crippen LogP contribution in [0.5, 0.6) is 0 Å². The Morgan fingerprint density at radius 3 is 2.31 bits per heavy atom. The van der Waals surface area contributed by atoms with Crippen LogP contribution in [0, 0.1) is 17.0 Å². The van der Waals surface area contributed by atoms with Crippen molar-refractivity contribution in [1.29, 1.82) is 0 Å². The Kier molecular flexibility index (Phi) is 7.24. The smallest absolute Gasteiger partial charge is 0.269 e. The first-order valence-electron chi connectivity index (χ1n) is 9.53. The Morgan fingerprint density at radius 2 is 1.72 bits per heavy atom. The summed E-state index contributed by atoms with van der Waals surface area (Å²) in [7, 11) is -4.02. The zero-order valence-corrected chi connectivity index (χ0v) is 18.6. The van der Waals surface area contributed by atoms with E-state index >= 15 is 0 Å². The van der Waals surface area contributed by atoms with Crippen molar-refractivity contribution in [2.75, 3.05) is 5.32 Å². The van der Waals surface area contributed by atoms with Crippen molar-refractivity contribution < 1.29 is 18.1 Å². The van der Waals surface area contributed by atoms with Crippen LogP contribution in [0.4, 0.5) is 11.4 Å². The van der Waals surface area contributed by atoms with E-state index in [1.165, 1.54) is 42.5 Å². The van der Waals surface area contributed by atoms with Crippen LogP contribution in [-0.4, -0.2) is 25.3 Å². The largest absolute Gasteiger partial charge is 0.324 e. The molecular formula is C22H20ClN3O5S. The molecule has 0 heterocycles. The molecule has 1 amide bonds. The van der Waals surface area contributed by atoms with Crippen LogP contribution in [0.15, 0.2) is 77.7 Å². The lowest BCUT2D eigenvalue weighted by molar-refractivity contribution is -0.384. The number of nitro groups is 1. The third-order valence-electron chi connectivity index (χ3n) is 4.70. The first kappa shape index (κ1) is 23.4. The van der Waals surface area contributed by atoms with Crippen molar-refractivity contribution in [3.63, 3.8) is 0 Å². The maximum Gasteiger partial charge on any atom is 0.269 e. The Morgan fingerprint density at radius 1 is 1.06 bits per heavy atom. The van der Waals surface area contributed by atoms with Gasteiger partial charge in [0.05, 0.1) is 9.82 Å². The van der Waals surface area contributed by atoms with E-state index < -0.39 is 26.9 Å². The Balaban J connectivity index is 1.87. The number of hydrogen-bond acceptors (Lipinski definition) is 5. The van der Waals surface area contributed by atoms with Gasteiger partial charge >= 0.3 is 0 Å². The van der Waals surface area contributed by atoms with Crippen LogP contribution < -0.4 is 10.0 Å². The summed E-state index contributed by atoms with van der Waals surface area (Å²) in [5, 5.41) is 14.0. The molecule has 0 aliphatic carbocycles. The predicted molar refractivity (Wildman–Crippen MR) is 122 cm³/mol. The zero-order valence-electron chi connectivity index (χ0n) is 17.0. The Hall–Kier alpha value is -3.27. The summed E-state index contributed by atoms with van der Waals surface area (Å²) < 4.78 is 28.2. The van der Waals surface area contributed by atoms with Gasteiger partial charge in [-0.1, -0.05) is 41.9 Å². The normalized spacial score (nSPS) is 12.2. The monoisotopic (exact) mass is 473 g/mol. The SMILES string of the molecule is Cc1cc([N+](=O)[O-])ccc1NC(=O)C(Cc1ccccc1)NS(=O)(=O)c1ccc(Cl)cc1. The molecule has 0 saturated carbocycles. The number of halogens is 1. The molecule has 3 aromatic rings. The molecule has 0 aromatic heterocycles. The van der Waals surface area contributed by atoms with Crippen molar-refractivity contribution in [2.45, 2.75) is 24.3 Å². The molecule has 8 nitrogen and oxygen atoms in total. The van der Waals surface area contributed by atoms with Gasteiger partial charge in [-0.15, -0.1) is 0 Å². The molecule has 2 N–H and O–H groups in total. The summed E-state index contributed by atoms with van der Waals surface area (Å²) >= 11 is 5.84. The third-order valence-corrected chi connectivity index (χ3v) is 6.44. The molecule has 10 heteroatoms. The number of anilines is 1. The number of aryl methyl sites for hydroxylation is 1. The summed E-state index contributed by atoms with van der Waals surface area (Å²) in [5.74, 6) is -0.594. The molecular weight excluding hydrogens is 454 g/mol. The molecule has 3 rings (SSSR count). The number of nitro benzene ring substituents is 1. The molecule has 0 aliphatic heterocycles. The molecule has 0 bridgehead atoms. The minimum atomic E-state index is -4.02. The molecule has 0 saturated heterocycles. The van der Waals surface area contributed by atoms with E-state index in [9.17, 15) is 23.3 Å². The molecule has 166 valence electrons. The van der Waals surface area contributed by atoms with E-state index in [1.54, 1.807) is 31.2 Å². The molecule has 0 aliphatic rings. The van der Waals surface area contributed by atoms with Crippen LogP contribution in [0.1, 0.15) is 11.1 Å². The van der Waals surface area contributed by atoms with Gasteiger partial charge in [0, 0.05) is 22.8 Å². The third kappa shape index (κ3) is 5.91. The fraction of sp³-hybridized carbons (Fsp3) is 0.136. The minimum absolute atomic E-state index is 0.0284. The first-order chi connectivity index (χ1) is 15.2. The zero-order chi connectivity index (χ0) is 23.3. The Bertz CT molecular complexity index is 1230. The van der Waals surface area contributed by atoms with Crippen molar-refractivity contribution >= 4 is 38.9 Å². The van der Waals surface area contributed by atoms with Gasteiger partial charge in [0.1, 0.15) is 6.04 Å². The number of benzene rings is 3. The molecule has 0 fully saturated rings. The van der Waals surface area contributed by atoms with Gasteiger partial charge in [-0.25, -0.2) is 8.42 Å². The van der Waals surface area contributed by atoms with E-state index in [2.05, 4.69) is 10.0 Å². The van der Waals surface area contributed by atoms with Gasteiger partial charge in [-0.2, -0.15) is 4.72 Å². The number of amides is 1. The van der Waals surface area contributed by atoms with E-state index in [4.69, 9.17) is 11.6 Å². The van der Waals surface area contributed by atoms with Crippen LogP contribution in [-0.2, 0) is 21.2 Å². The number of hydrogen-bond donors (Lipinski definition) is 2. The second-order valence-corrected chi connectivity index (χ2v) is 9.21. The van der Waals surface area contributed by atoms with Gasteiger partial charge in [-0.3, -0.25) is 14.9 Å². The first-order valence-corrected chi connectivity index (χ1v) is 11.4. The van der Waals surface area contributed by atoms with Crippen LogP contribution in [0.3, 0.4) is 0 Å². The maximum atomic E-state index is 13.1. The number of carbonyl (C=O) groups excluding carboxylic acids is 1. The molecule has 1 unspecified atom stereocenters. The number of sulfonamides is 1. The highest BCUT2D eigenvalue weighted by molar-refractivity contribution is 7.89. The fourth-order valence-electron chi connectivity index (χ4n) is 3.03. The summed E-state index contributed by atoms with van der Waals surface area (Å²) in [5.41, 5.74) is 1.48. The highest BCUT2D eigenvalue weighted by atomic mass is 35.5. The lowest BCUT2D eigenvalue weighted by Crippen LogP contribution is -2.45. The summed E-state index contributed by atoms with van der Waals surface area (Å²) in [6.07, 6.45) is 0.103. The van der Waals surface area contributed by atoms with Crippen LogP contribution in [0.25, 0.3) is 0 Å². The second-order valence-electron chi connectivity index (χ2n) is 7.06. The highest BCUT2D eigenvalue weighted by Gasteiger charge is 2.27. The summed E-state index contributed by atoms with van der Waals surface area (Å²) in [6.45, 7) is 1.62. The van der Waals surface area contributed by atoms with Crippen LogP contribution >= 0.6 is 11.6 Å². The van der Waals surface area contributed by atoms with Crippen molar-refractivity contribution in [3.8, 4) is 0 Å². The average Bonchev–Trinajstić information content (AvgIpc) is 2.75. The van der Waals surface area contributed by atoms with Crippen molar-refractivity contribution in [2.24, 2.45) is 0 Å². The minimum Gasteiger partial charge on any atom is -0.324 e. The lowest BCUT2D eigenvalue weighted by Gasteiger charge is -2.19. The molecule has 0 spiro atoms. The van der Waals surface area contributed by atoms with E-state index in [-0.39, 0.29) is 17.0 Å². The number of nitrogens with one attached hydrogen (secondary N) is 2. The van der Waals surface area contributed by atoms with Crippen molar-refractivity contribution in [1.82, 2.24) is 4.72 Å².